The molecule has 0 spiro atoms. The molecule has 14 nitrogen and oxygen atoms in total. The molecule has 0 unspecified atom stereocenters. The molecule has 4 aromatic rings. The minimum absolute atomic E-state index is 0.00120. The lowest BCUT2D eigenvalue weighted by Crippen LogP contribution is -2.54. The van der Waals surface area contributed by atoms with Gasteiger partial charge in [-0.3, -0.25) is 9.59 Å². The molecule has 0 bridgehead atoms. The average Bonchev–Trinajstić information content (AvgIpc) is 3.68. The summed E-state index contributed by atoms with van der Waals surface area (Å²) < 4.78 is 15.9. The fourth-order valence-electron chi connectivity index (χ4n) is 4.79. The van der Waals surface area contributed by atoms with Crippen molar-refractivity contribution in [3.8, 4) is 0 Å². The largest absolute Gasteiger partial charge is 0.459 e. The lowest BCUT2D eigenvalue weighted by molar-refractivity contribution is -0.149. The van der Waals surface area contributed by atoms with Gasteiger partial charge in [-0.1, -0.05) is 91.0 Å². The molecule has 14 heteroatoms. The van der Waals surface area contributed by atoms with Crippen LogP contribution in [-0.2, 0) is 54.8 Å². The van der Waals surface area contributed by atoms with E-state index in [0.29, 0.717) is 18.5 Å². The van der Waals surface area contributed by atoms with Crippen LogP contribution in [-0.4, -0.2) is 65.1 Å². The predicted molar refractivity (Wildman–Crippen MR) is 186 cm³/mol. The molecule has 2 atom stereocenters. The first kappa shape index (κ1) is 37.6. The molecule has 0 radical (unpaired) electrons. The van der Waals surface area contributed by atoms with Crippen molar-refractivity contribution in [2.75, 3.05) is 13.1 Å². The van der Waals surface area contributed by atoms with Gasteiger partial charge >= 0.3 is 18.2 Å². The number of carbonyl (C=O) groups excluding carboxylic acids is 5. The summed E-state index contributed by atoms with van der Waals surface area (Å²) in [5, 5.41) is 10.4. The molecule has 0 saturated carbocycles. The summed E-state index contributed by atoms with van der Waals surface area (Å²) >= 11 is 0. The van der Waals surface area contributed by atoms with E-state index in [1.165, 1.54) is 12.5 Å². The number of nitrogens with one attached hydrogen (secondary N) is 5. The van der Waals surface area contributed by atoms with Crippen LogP contribution >= 0.6 is 0 Å². The standard InChI is InChI=1S/C37H42N6O8/c44-33(22-40-37(48)51-25-29-16-8-3-9-17-29)42-32(20-30-21-38-26-41-30)34(45)43-31(35(46)49-23-27-12-4-1-5-13-27)18-10-11-19-39-36(47)50-24-28-14-6-2-7-15-28/h1-9,12-17,21,26,31-32H,10-11,18-20,22-25H2,(H,38,41)(H,39,47)(H,40,48)(H,42,44)(H,43,45)/t31-,32-/m0/s1. The van der Waals surface area contributed by atoms with Gasteiger partial charge in [0.1, 0.15) is 38.4 Å². The summed E-state index contributed by atoms with van der Waals surface area (Å²) in [6.45, 7) is -0.00837. The van der Waals surface area contributed by atoms with E-state index in [2.05, 4.69) is 31.2 Å². The van der Waals surface area contributed by atoms with Crippen molar-refractivity contribution in [2.45, 2.75) is 57.6 Å². The van der Waals surface area contributed by atoms with E-state index in [1.807, 2.05) is 78.9 Å². The Labute approximate surface area is 295 Å². The molecule has 1 aromatic heterocycles. The van der Waals surface area contributed by atoms with Crippen LogP contribution in [0, 0.1) is 0 Å². The molecule has 51 heavy (non-hydrogen) atoms. The summed E-state index contributed by atoms with van der Waals surface area (Å²) in [5.41, 5.74) is 2.97. The number of hydrogen-bond acceptors (Lipinski definition) is 9. The quantitative estimate of drug-likeness (QED) is 0.0553. The second-order valence-corrected chi connectivity index (χ2v) is 11.5. The number of hydrogen-bond donors (Lipinski definition) is 5. The van der Waals surface area contributed by atoms with E-state index >= 15 is 0 Å². The number of carbonyl (C=O) groups is 5. The van der Waals surface area contributed by atoms with Crippen molar-refractivity contribution in [2.24, 2.45) is 0 Å². The van der Waals surface area contributed by atoms with Gasteiger partial charge in [0, 0.05) is 24.9 Å². The van der Waals surface area contributed by atoms with Crippen LogP contribution in [0.3, 0.4) is 0 Å². The highest BCUT2D eigenvalue weighted by Crippen LogP contribution is 2.09. The lowest BCUT2D eigenvalue weighted by Gasteiger charge is -2.23. The monoisotopic (exact) mass is 698 g/mol. The van der Waals surface area contributed by atoms with E-state index in [9.17, 15) is 24.0 Å². The Bertz CT molecular complexity index is 1660. The van der Waals surface area contributed by atoms with Crippen molar-refractivity contribution in [3.05, 3.63) is 126 Å². The normalized spacial score (nSPS) is 11.7. The third-order valence-corrected chi connectivity index (χ3v) is 7.46. The maximum atomic E-state index is 13.6. The zero-order chi connectivity index (χ0) is 36.1. The fraction of sp³-hybridized carbons (Fsp3) is 0.297. The number of nitrogens with zero attached hydrogens (tertiary/aromatic N) is 1. The Morgan fingerprint density at radius 2 is 1.20 bits per heavy atom. The number of aromatic nitrogens is 2. The number of rotatable bonds is 19. The second-order valence-electron chi connectivity index (χ2n) is 11.5. The minimum Gasteiger partial charge on any atom is -0.459 e. The zero-order valence-electron chi connectivity index (χ0n) is 28.0. The number of aromatic amines is 1. The van der Waals surface area contributed by atoms with Crippen molar-refractivity contribution >= 4 is 30.0 Å². The first-order valence-corrected chi connectivity index (χ1v) is 16.5. The Balaban J connectivity index is 1.30. The average molecular weight is 699 g/mol. The molecule has 5 N–H and O–H groups in total. The number of amides is 4. The fourth-order valence-corrected chi connectivity index (χ4v) is 4.79. The Morgan fingerprint density at radius 1 is 0.647 bits per heavy atom. The first-order chi connectivity index (χ1) is 24.9. The molecule has 0 saturated heterocycles. The van der Waals surface area contributed by atoms with Gasteiger partial charge in [0.05, 0.1) is 6.33 Å². The van der Waals surface area contributed by atoms with E-state index in [0.717, 1.165) is 16.7 Å². The first-order valence-electron chi connectivity index (χ1n) is 16.5. The minimum atomic E-state index is -1.13. The molecule has 0 fully saturated rings. The molecule has 0 aliphatic heterocycles. The number of unbranched alkanes of at least 4 members (excludes halogenated alkanes) is 1. The molecular formula is C37H42N6O8. The van der Waals surface area contributed by atoms with E-state index < -0.39 is 48.6 Å². The Morgan fingerprint density at radius 3 is 1.75 bits per heavy atom. The van der Waals surface area contributed by atoms with Crippen LogP contribution in [0.15, 0.2) is 104 Å². The van der Waals surface area contributed by atoms with Crippen LogP contribution < -0.4 is 21.3 Å². The molecule has 0 aliphatic rings. The van der Waals surface area contributed by atoms with Gasteiger partial charge in [0.25, 0.3) is 0 Å². The van der Waals surface area contributed by atoms with Crippen LogP contribution in [0.4, 0.5) is 9.59 Å². The van der Waals surface area contributed by atoms with Gasteiger partial charge < -0.3 is 40.5 Å². The number of H-pyrrole nitrogens is 1. The van der Waals surface area contributed by atoms with Crippen LogP contribution in [0.2, 0.25) is 0 Å². The van der Waals surface area contributed by atoms with Crippen LogP contribution in [0.1, 0.15) is 41.6 Å². The van der Waals surface area contributed by atoms with Crippen molar-refractivity contribution in [3.63, 3.8) is 0 Å². The van der Waals surface area contributed by atoms with Crippen molar-refractivity contribution < 1.29 is 38.2 Å². The molecule has 0 aliphatic carbocycles. The predicted octanol–water partition coefficient (Wildman–Crippen LogP) is 3.69. The third-order valence-electron chi connectivity index (χ3n) is 7.46. The molecule has 268 valence electrons. The molecule has 1 heterocycles. The summed E-state index contributed by atoms with van der Waals surface area (Å²) in [5.74, 6) is -1.95. The molecule has 4 rings (SSSR count). The van der Waals surface area contributed by atoms with E-state index in [4.69, 9.17) is 14.2 Å². The number of esters is 1. The SMILES string of the molecule is O=C(CNC(=O)OCc1ccccc1)N[C@@H](Cc1cnc[nH]1)C(=O)N[C@@H](CCCCNC(=O)OCc1ccccc1)C(=O)OCc1ccccc1. The number of alkyl carbamates (subject to hydrolysis) is 2. The highest BCUT2D eigenvalue weighted by molar-refractivity contribution is 5.92. The smallest absolute Gasteiger partial charge is 0.407 e. The van der Waals surface area contributed by atoms with Crippen LogP contribution in [0.25, 0.3) is 0 Å². The highest BCUT2D eigenvalue weighted by atomic mass is 16.6. The van der Waals surface area contributed by atoms with Gasteiger partial charge in [-0.2, -0.15) is 0 Å². The number of ether oxygens (including phenoxy) is 3. The van der Waals surface area contributed by atoms with Crippen molar-refractivity contribution in [1.82, 2.24) is 31.2 Å². The van der Waals surface area contributed by atoms with Gasteiger partial charge in [-0.15, -0.1) is 0 Å². The number of imidazole rings is 1. The maximum Gasteiger partial charge on any atom is 0.407 e. The van der Waals surface area contributed by atoms with Gasteiger partial charge in [0.15, 0.2) is 0 Å². The Kier molecular flexibility index (Phi) is 15.5. The summed E-state index contributed by atoms with van der Waals surface area (Å²) in [6.07, 6.45) is 2.72. The van der Waals surface area contributed by atoms with Gasteiger partial charge in [0.2, 0.25) is 11.8 Å². The Hall–Kier alpha value is -6.18. The zero-order valence-corrected chi connectivity index (χ0v) is 28.0. The second kappa shape index (κ2) is 21.0. The summed E-state index contributed by atoms with van der Waals surface area (Å²) in [4.78, 5) is 70.9. The van der Waals surface area contributed by atoms with Gasteiger partial charge in [-0.05, 0) is 36.0 Å². The highest BCUT2D eigenvalue weighted by Gasteiger charge is 2.28. The van der Waals surface area contributed by atoms with Crippen LogP contribution in [0.5, 0.6) is 0 Å². The summed E-state index contributed by atoms with van der Waals surface area (Å²) in [6, 6.07) is 25.3. The molecule has 3 aromatic carbocycles. The number of benzene rings is 3. The lowest BCUT2D eigenvalue weighted by atomic mass is 10.1. The topological polar surface area (TPSA) is 190 Å². The maximum absolute atomic E-state index is 13.6. The van der Waals surface area contributed by atoms with Crippen molar-refractivity contribution in [1.29, 1.82) is 0 Å². The van der Waals surface area contributed by atoms with E-state index in [1.54, 1.807) is 12.1 Å². The third kappa shape index (κ3) is 14.5. The molecule has 4 amide bonds. The summed E-state index contributed by atoms with van der Waals surface area (Å²) in [7, 11) is 0. The van der Waals surface area contributed by atoms with Gasteiger partial charge in [-0.25, -0.2) is 19.4 Å². The molecular weight excluding hydrogens is 656 g/mol. The van der Waals surface area contributed by atoms with E-state index in [-0.39, 0.29) is 39.2 Å².